The number of carbonyl (C=O) groups excluding carboxylic acids is 1. The second-order valence-corrected chi connectivity index (χ2v) is 5.14. The maximum absolute atomic E-state index is 11.8. The monoisotopic (exact) mass is 315 g/mol. The lowest BCUT2D eigenvalue weighted by Gasteiger charge is -2.11. The average molecular weight is 316 g/mol. The third-order valence-corrected chi connectivity index (χ3v) is 3.00. The van der Waals surface area contributed by atoms with E-state index in [0.29, 0.717) is 19.6 Å². The SMILES string of the molecule is COCC(Br)CNC(=O)Cc1ccccc1OC. The number of ether oxygens (including phenoxy) is 2. The summed E-state index contributed by atoms with van der Waals surface area (Å²) in [6.45, 7) is 1.11. The van der Waals surface area contributed by atoms with Crippen molar-refractivity contribution in [1.82, 2.24) is 5.32 Å². The fourth-order valence-electron chi connectivity index (χ4n) is 1.55. The molecule has 18 heavy (non-hydrogen) atoms. The molecule has 1 amide bonds. The highest BCUT2D eigenvalue weighted by atomic mass is 79.9. The minimum atomic E-state index is -0.0277. The van der Waals surface area contributed by atoms with Crippen LogP contribution in [0.3, 0.4) is 0 Å². The Kier molecular flexibility index (Phi) is 6.75. The van der Waals surface area contributed by atoms with Crippen LogP contribution in [-0.2, 0) is 16.0 Å². The molecule has 0 radical (unpaired) electrons. The Hall–Kier alpha value is -1.07. The number of amides is 1. The molecule has 4 nitrogen and oxygen atoms in total. The molecule has 1 aromatic rings. The fourth-order valence-corrected chi connectivity index (χ4v) is 1.98. The van der Waals surface area contributed by atoms with E-state index in [1.807, 2.05) is 24.3 Å². The Balaban J connectivity index is 2.44. The van der Waals surface area contributed by atoms with Crippen molar-refractivity contribution in [3.8, 4) is 5.75 Å². The number of hydrogen-bond acceptors (Lipinski definition) is 3. The molecule has 0 heterocycles. The van der Waals surface area contributed by atoms with Crippen LogP contribution in [-0.4, -0.2) is 38.1 Å². The van der Waals surface area contributed by atoms with Gasteiger partial charge in [-0.25, -0.2) is 0 Å². The van der Waals surface area contributed by atoms with Crippen LogP contribution in [0.25, 0.3) is 0 Å². The van der Waals surface area contributed by atoms with Crippen LogP contribution in [0, 0.1) is 0 Å². The normalized spacial score (nSPS) is 11.9. The smallest absolute Gasteiger partial charge is 0.224 e. The number of para-hydroxylation sites is 1. The van der Waals surface area contributed by atoms with Gasteiger partial charge < -0.3 is 14.8 Å². The van der Waals surface area contributed by atoms with E-state index in [-0.39, 0.29) is 10.7 Å². The van der Waals surface area contributed by atoms with E-state index in [9.17, 15) is 4.79 Å². The van der Waals surface area contributed by atoms with Crippen molar-refractivity contribution < 1.29 is 14.3 Å². The summed E-state index contributed by atoms with van der Waals surface area (Å²) in [7, 11) is 3.23. The second-order valence-electron chi connectivity index (χ2n) is 3.85. The zero-order valence-electron chi connectivity index (χ0n) is 10.6. The Bertz CT molecular complexity index is 384. The van der Waals surface area contributed by atoms with Crippen molar-refractivity contribution in [2.75, 3.05) is 27.4 Å². The summed E-state index contributed by atoms with van der Waals surface area (Å²) in [6.07, 6.45) is 0.316. The molecule has 0 fully saturated rings. The van der Waals surface area contributed by atoms with Crippen LogP contribution in [0.5, 0.6) is 5.75 Å². The van der Waals surface area contributed by atoms with Crippen molar-refractivity contribution in [3.63, 3.8) is 0 Å². The zero-order valence-corrected chi connectivity index (χ0v) is 12.2. The molecule has 1 atom stereocenters. The van der Waals surface area contributed by atoms with Crippen LogP contribution in [0.1, 0.15) is 5.56 Å². The van der Waals surface area contributed by atoms with E-state index < -0.39 is 0 Å². The topological polar surface area (TPSA) is 47.6 Å². The molecule has 0 aliphatic heterocycles. The van der Waals surface area contributed by atoms with Crippen LogP contribution in [0.2, 0.25) is 0 Å². The maximum atomic E-state index is 11.8. The zero-order chi connectivity index (χ0) is 13.4. The van der Waals surface area contributed by atoms with E-state index >= 15 is 0 Å². The molecule has 0 bridgehead atoms. The summed E-state index contributed by atoms with van der Waals surface area (Å²) < 4.78 is 10.2. The molecule has 1 aromatic carbocycles. The predicted molar refractivity (Wildman–Crippen MR) is 74.3 cm³/mol. The highest BCUT2D eigenvalue weighted by Crippen LogP contribution is 2.17. The van der Waals surface area contributed by atoms with Crippen molar-refractivity contribution in [1.29, 1.82) is 0 Å². The fraction of sp³-hybridized carbons (Fsp3) is 0.462. The third-order valence-electron chi connectivity index (χ3n) is 2.41. The Labute approximate surface area is 116 Å². The quantitative estimate of drug-likeness (QED) is 0.780. The number of halogens is 1. The lowest BCUT2D eigenvalue weighted by Crippen LogP contribution is -2.32. The van der Waals surface area contributed by atoms with E-state index in [2.05, 4.69) is 21.2 Å². The summed E-state index contributed by atoms with van der Waals surface area (Å²) in [6, 6.07) is 7.51. The van der Waals surface area contributed by atoms with Crippen LogP contribution >= 0.6 is 15.9 Å². The van der Waals surface area contributed by atoms with Crippen LogP contribution < -0.4 is 10.1 Å². The van der Waals surface area contributed by atoms with Crippen molar-refractivity contribution in [3.05, 3.63) is 29.8 Å². The number of hydrogen-bond donors (Lipinski definition) is 1. The average Bonchev–Trinajstić information content (AvgIpc) is 2.37. The number of methoxy groups -OCH3 is 2. The highest BCUT2D eigenvalue weighted by Gasteiger charge is 2.10. The number of nitrogens with one attached hydrogen (secondary N) is 1. The molecule has 0 aliphatic rings. The van der Waals surface area contributed by atoms with Crippen molar-refractivity contribution in [2.24, 2.45) is 0 Å². The van der Waals surface area contributed by atoms with Gasteiger partial charge in [-0.3, -0.25) is 4.79 Å². The largest absolute Gasteiger partial charge is 0.496 e. The number of benzene rings is 1. The summed E-state index contributed by atoms with van der Waals surface area (Å²) in [5.74, 6) is 0.708. The van der Waals surface area contributed by atoms with Gasteiger partial charge in [0.1, 0.15) is 5.75 Å². The van der Waals surface area contributed by atoms with Gasteiger partial charge in [-0.2, -0.15) is 0 Å². The molecule has 0 saturated carbocycles. The van der Waals surface area contributed by atoms with Crippen LogP contribution in [0.15, 0.2) is 24.3 Å². The second kappa shape index (κ2) is 8.11. The van der Waals surface area contributed by atoms with Gasteiger partial charge in [0, 0.05) is 19.2 Å². The molecule has 0 aromatic heterocycles. The van der Waals surface area contributed by atoms with Gasteiger partial charge >= 0.3 is 0 Å². The number of alkyl halides is 1. The molecule has 1 N–H and O–H groups in total. The molecule has 0 spiro atoms. The predicted octanol–water partition coefficient (Wildman–Crippen LogP) is 1.76. The molecular formula is C13H18BrNO3. The van der Waals surface area contributed by atoms with Gasteiger partial charge in [-0.1, -0.05) is 34.1 Å². The van der Waals surface area contributed by atoms with Gasteiger partial charge in [0.2, 0.25) is 5.91 Å². The first-order valence-corrected chi connectivity index (χ1v) is 6.60. The molecule has 0 saturated heterocycles. The lowest BCUT2D eigenvalue weighted by molar-refractivity contribution is -0.120. The molecular weight excluding hydrogens is 298 g/mol. The third kappa shape index (κ3) is 5.06. The number of rotatable bonds is 7. The minimum Gasteiger partial charge on any atom is -0.496 e. The summed E-state index contributed by atoms with van der Waals surface area (Å²) in [5, 5.41) is 2.85. The van der Waals surface area contributed by atoms with Gasteiger partial charge in [0.15, 0.2) is 0 Å². The number of carbonyl (C=O) groups is 1. The van der Waals surface area contributed by atoms with E-state index in [0.717, 1.165) is 11.3 Å². The maximum Gasteiger partial charge on any atom is 0.224 e. The molecule has 5 heteroatoms. The van der Waals surface area contributed by atoms with Crippen molar-refractivity contribution in [2.45, 2.75) is 11.2 Å². The summed E-state index contributed by atoms with van der Waals surface area (Å²) in [4.78, 5) is 11.9. The van der Waals surface area contributed by atoms with Gasteiger partial charge in [0.25, 0.3) is 0 Å². The molecule has 0 aliphatic carbocycles. The first kappa shape index (κ1) is 15.0. The lowest BCUT2D eigenvalue weighted by atomic mass is 10.1. The molecule has 100 valence electrons. The minimum absolute atomic E-state index is 0.0277. The molecule has 1 rings (SSSR count). The summed E-state index contributed by atoms with van der Waals surface area (Å²) in [5.41, 5.74) is 0.885. The van der Waals surface area contributed by atoms with Crippen LogP contribution in [0.4, 0.5) is 0 Å². The highest BCUT2D eigenvalue weighted by molar-refractivity contribution is 9.09. The van der Waals surface area contributed by atoms with E-state index in [4.69, 9.17) is 9.47 Å². The first-order chi connectivity index (χ1) is 8.67. The Morgan fingerprint density at radius 3 is 2.78 bits per heavy atom. The first-order valence-electron chi connectivity index (χ1n) is 5.69. The van der Waals surface area contributed by atoms with Crippen molar-refractivity contribution >= 4 is 21.8 Å². The Morgan fingerprint density at radius 1 is 1.39 bits per heavy atom. The summed E-state index contributed by atoms with van der Waals surface area (Å²) >= 11 is 3.42. The Morgan fingerprint density at radius 2 is 2.11 bits per heavy atom. The van der Waals surface area contributed by atoms with E-state index in [1.54, 1.807) is 14.2 Å². The van der Waals surface area contributed by atoms with Gasteiger partial charge in [-0.05, 0) is 6.07 Å². The van der Waals surface area contributed by atoms with Gasteiger partial charge in [-0.15, -0.1) is 0 Å². The van der Waals surface area contributed by atoms with Gasteiger partial charge in [0.05, 0.1) is 25.0 Å². The standard InChI is InChI=1S/C13H18BrNO3/c1-17-9-11(14)8-15-13(16)7-10-5-3-4-6-12(10)18-2/h3-6,11H,7-9H2,1-2H3,(H,15,16). The van der Waals surface area contributed by atoms with E-state index in [1.165, 1.54) is 0 Å². The molecule has 1 unspecified atom stereocenters.